The Hall–Kier alpha value is -1.69. The number of hydrogen-bond donors (Lipinski definition) is 1. The van der Waals surface area contributed by atoms with E-state index in [1.807, 2.05) is 36.4 Å². The van der Waals surface area contributed by atoms with Gasteiger partial charge in [-0.3, -0.25) is 0 Å². The standard InChI is InChI=1S/C16H20N2O2S/c1-13-15(11-17)9-6-10-16(13)21(19,20)18(2)12-14-7-4-3-5-8-14/h3-10H,11-12,17H2,1-2H3. The van der Waals surface area contributed by atoms with Gasteiger partial charge in [-0.2, -0.15) is 4.31 Å². The fourth-order valence-electron chi connectivity index (χ4n) is 2.25. The molecule has 0 spiro atoms. The van der Waals surface area contributed by atoms with E-state index >= 15 is 0 Å². The van der Waals surface area contributed by atoms with Crippen molar-refractivity contribution in [3.63, 3.8) is 0 Å². The van der Waals surface area contributed by atoms with Gasteiger partial charge in [-0.05, 0) is 29.7 Å². The van der Waals surface area contributed by atoms with Crippen LogP contribution in [0.25, 0.3) is 0 Å². The number of hydrogen-bond acceptors (Lipinski definition) is 3. The minimum atomic E-state index is -3.52. The second-order valence-electron chi connectivity index (χ2n) is 4.99. The molecule has 0 bridgehead atoms. The minimum Gasteiger partial charge on any atom is -0.326 e. The first-order valence-corrected chi connectivity index (χ1v) is 8.19. The van der Waals surface area contributed by atoms with Gasteiger partial charge in [0.1, 0.15) is 0 Å². The molecular formula is C16H20N2O2S. The quantitative estimate of drug-likeness (QED) is 0.921. The van der Waals surface area contributed by atoms with Crippen LogP contribution in [0.15, 0.2) is 53.4 Å². The van der Waals surface area contributed by atoms with Crippen LogP contribution in [0.5, 0.6) is 0 Å². The molecule has 0 aromatic heterocycles. The van der Waals surface area contributed by atoms with Gasteiger partial charge in [0.2, 0.25) is 10.0 Å². The molecule has 0 aliphatic heterocycles. The smallest absolute Gasteiger partial charge is 0.243 e. The largest absolute Gasteiger partial charge is 0.326 e. The van der Waals surface area contributed by atoms with Gasteiger partial charge in [-0.1, -0.05) is 42.5 Å². The van der Waals surface area contributed by atoms with Crippen molar-refractivity contribution in [2.45, 2.75) is 24.9 Å². The van der Waals surface area contributed by atoms with Crippen molar-refractivity contribution in [1.82, 2.24) is 4.31 Å². The SMILES string of the molecule is Cc1c(CN)cccc1S(=O)(=O)N(C)Cc1ccccc1. The molecule has 5 heteroatoms. The van der Waals surface area contributed by atoms with Crippen molar-refractivity contribution in [1.29, 1.82) is 0 Å². The van der Waals surface area contributed by atoms with Gasteiger partial charge in [0, 0.05) is 20.1 Å². The van der Waals surface area contributed by atoms with Gasteiger partial charge in [-0.15, -0.1) is 0 Å². The van der Waals surface area contributed by atoms with Crippen LogP contribution in [0, 0.1) is 6.92 Å². The van der Waals surface area contributed by atoms with Gasteiger partial charge in [0.25, 0.3) is 0 Å². The van der Waals surface area contributed by atoms with Crippen molar-refractivity contribution in [2.75, 3.05) is 7.05 Å². The Labute approximate surface area is 126 Å². The molecule has 2 rings (SSSR count). The third-order valence-electron chi connectivity index (χ3n) is 3.55. The van der Waals surface area contributed by atoms with E-state index in [4.69, 9.17) is 5.73 Å². The summed E-state index contributed by atoms with van der Waals surface area (Å²) in [5.41, 5.74) is 8.18. The summed E-state index contributed by atoms with van der Waals surface area (Å²) in [6.07, 6.45) is 0. The topological polar surface area (TPSA) is 63.4 Å². The number of sulfonamides is 1. The maximum atomic E-state index is 12.7. The monoisotopic (exact) mass is 304 g/mol. The molecule has 0 amide bonds. The summed E-state index contributed by atoms with van der Waals surface area (Å²) in [6.45, 7) is 2.47. The summed E-state index contributed by atoms with van der Waals surface area (Å²) >= 11 is 0. The minimum absolute atomic E-state index is 0.323. The molecular weight excluding hydrogens is 284 g/mol. The maximum absolute atomic E-state index is 12.7. The molecule has 0 saturated heterocycles. The molecule has 0 aliphatic carbocycles. The molecule has 2 N–H and O–H groups in total. The number of benzene rings is 2. The van der Waals surface area contributed by atoms with Crippen LogP contribution in [0.4, 0.5) is 0 Å². The number of nitrogens with two attached hydrogens (primary N) is 1. The molecule has 0 radical (unpaired) electrons. The summed E-state index contributed by atoms with van der Waals surface area (Å²) in [4.78, 5) is 0.323. The number of rotatable bonds is 5. The van der Waals surface area contributed by atoms with E-state index in [0.717, 1.165) is 16.7 Å². The molecule has 112 valence electrons. The van der Waals surface area contributed by atoms with Crippen LogP contribution in [0.1, 0.15) is 16.7 Å². The van der Waals surface area contributed by atoms with Crippen LogP contribution in [0.2, 0.25) is 0 Å². The van der Waals surface area contributed by atoms with E-state index in [0.29, 0.717) is 18.0 Å². The molecule has 2 aromatic carbocycles. The highest BCUT2D eigenvalue weighted by molar-refractivity contribution is 7.89. The van der Waals surface area contributed by atoms with Crippen LogP contribution < -0.4 is 5.73 Å². The van der Waals surface area contributed by atoms with Crippen molar-refractivity contribution >= 4 is 10.0 Å². The Balaban J connectivity index is 2.34. The molecule has 0 heterocycles. The lowest BCUT2D eigenvalue weighted by Gasteiger charge is -2.19. The van der Waals surface area contributed by atoms with E-state index in [2.05, 4.69) is 0 Å². The normalized spacial score (nSPS) is 11.8. The molecule has 0 aliphatic rings. The first-order valence-electron chi connectivity index (χ1n) is 6.75. The molecule has 0 fully saturated rings. The third-order valence-corrected chi connectivity index (χ3v) is 5.50. The summed E-state index contributed by atoms with van der Waals surface area (Å²) in [5.74, 6) is 0. The lowest BCUT2D eigenvalue weighted by molar-refractivity contribution is 0.466. The zero-order valence-corrected chi connectivity index (χ0v) is 13.1. The highest BCUT2D eigenvalue weighted by Crippen LogP contribution is 2.22. The van der Waals surface area contributed by atoms with Crippen molar-refractivity contribution in [3.8, 4) is 0 Å². The van der Waals surface area contributed by atoms with E-state index < -0.39 is 10.0 Å². The first-order chi connectivity index (χ1) is 9.96. The van der Waals surface area contributed by atoms with E-state index in [1.165, 1.54) is 4.31 Å². The van der Waals surface area contributed by atoms with Gasteiger partial charge in [0.15, 0.2) is 0 Å². The Morgan fingerprint density at radius 3 is 2.33 bits per heavy atom. The fraction of sp³-hybridized carbons (Fsp3) is 0.250. The lowest BCUT2D eigenvalue weighted by atomic mass is 10.1. The predicted molar refractivity (Wildman–Crippen MR) is 84.2 cm³/mol. The van der Waals surface area contributed by atoms with Crippen molar-refractivity contribution in [3.05, 3.63) is 65.2 Å². The zero-order valence-electron chi connectivity index (χ0n) is 12.3. The summed E-state index contributed by atoms with van der Waals surface area (Å²) < 4.78 is 26.8. The fourth-order valence-corrected chi connectivity index (χ4v) is 3.68. The van der Waals surface area contributed by atoms with E-state index in [-0.39, 0.29) is 0 Å². The van der Waals surface area contributed by atoms with Crippen LogP contribution in [-0.2, 0) is 23.1 Å². The molecule has 0 atom stereocenters. The lowest BCUT2D eigenvalue weighted by Crippen LogP contribution is -2.27. The average molecular weight is 304 g/mol. The Kier molecular flexibility index (Phi) is 4.77. The molecule has 0 unspecified atom stereocenters. The van der Waals surface area contributed by atoms with Crippen molar-refractivity contribution < 1.29 is 8.42 Å². The number of nitrogens with zero attached hydrogens (tertiary/aromatic N) is 1. The molecule has 0 saturated carbocycles. The average Bonchev–Trinajstić information content (AvgIpc) is 2.48. The van der Waals surface area contributed by atoms with Crippen LogP contribution >= 0.6 is 0 Å². The highest BCUT2D eigenvalue weighted by Gasteiger charge is 2.23. The van der Waals surface area contributed by atoms with Crippen LogP contribution in [-0.4, -0.2) is 19.8 Å². The third kappa shape index (κ3) is 3.32. The van der Waals surface area contributed by atoms with E-state index in [1.54, 1.807) is 26.1 Å². The summed E-state index contributed by atoms with van der Waals surface area (Å²) in [7, 11) is -1.93. The molecule has 21 heavy (non-hydrogen) atoms. The van der Waals surface area contributed by atoms with Gasteiger partial charge in [-0.25, -0.2) is 8.42 Å². The summed E-state index contributed by atoms with van der Waals surface area (Å²) in [5, 5.41) is 0. The predicted octanol–water partition coefficient (Wildman–Crippen LogP) is 2.27. The Morgan fingerprint density at radius 2 is 1.71 bits per heavy atom. The van der Waals surface area contributed by atoms with Crippen LogP contribution in [0.3, 0.4) is 0 Å². The van der Waals surface area contributed by atoms with Gasteiger partial charge < -0.3 is 5.73 Å². The second kappa shape index (κ2) is 6.39. The Morgan fingerprint density at radius 1 is 1.05 bits per heavy atom. The first kappa shape index (κ1) is 15.7. The van der Waals surface area contributed by atoms with E-state index in [9.17, 15) is 8.42 Å². The maximum Gasteiger partial charge on any atom is 0.243 e. The highest BCUT2D eigenvalue weighted by atomic mass is 32.2. The van der Waals surface area contributed by atoms with Gasteiger partial charge >= 0.3 is 0 Å². The second-order valence-corrected chi connectivity index (χ2v) is 7.00. The zero-order chi connectivity index (χ0) is 15.5. The summed E-state index contributed by atoms with van der Waals surface area (Å²) in [6, 6.07) is 14.7. The molecule has 2 aromatic rings. The molecule has 4 nitrogen and oxygen atoms in total. The Bertz CT molecular complexity index is 712. The van der Waals surface area contributed by atoms with Gasteiger partial charge in [0.05, 0.1) is 4.90 Å². The van der Waals surface area contributed by atoms with Crippen molar-refractivity contribution in [2.24, 2.45) is 5.73 Å².